The van der Waals surface area contributed by atoms with E-state index in [4.69, 9.17) is 9.84 Å². The van der Waals surface area contributed by atoms with Gasteiger partial charge in [0.05, 0.1) is 24.9 Å². The molecule has 1 atom stereocenters. The van der Waals surface area contributed by atoms with E-state index in [-0.39, 0.29) is 11.9 Å². The van der Waals surface area contributed by atoms with Crippen LogP contribution in [-0.2, 0) is 4.79 Å². The van der Waals surface area contributed by atoms with Crippen molar-refractivity contribution in [2.45, 2.75) is 52.5 Å². The average molecular weight is 420 g/mol. The van der Waals surface area contributed by atoms with Gasteiger partial charge in [0.1, 0.15) is 5.75 Å². The van der Waals surface area contributed by atoms with E-state index in [2.05, 4.69) is 49.1 Å². The Balaban J connectivity index is 1.61. The lowest BCUT2D eigenvalue weighted by molar-refractivity contribution is -0.134. The molecule has 4 rings (SSSR count). The van der Waals surface area contributed by atoms with Crippen molar-refractivity contribution >= 4 is 11.6 Å². The minimum Gasteiger partial charge on any atom is -0.494 e. The molecule has 0 saturated carbocycles. The maximum absolute atomic E-state index is 13.3. The third-order valence-electron chi connectivity index (χ3n) is 6.24. The van der Waals surface area contributed by atoms with Crippen LogP contribution in [0.1, 0.15) is 60.9 Å². The van der Waals surface area contributed by atoms with Crippen molar-refractivity contribution in [2.24, 2.45) is 5.10 Å². The van der Waals surface area contributed by atoms with Crippen molar-refractivity contribution in [2.75, 3.05) is 26.2 Å². The Morgan fingerprint density at radius 1 is 1.06 bits per heavy atom. The molecule has 2 aliphatic heterocycles. The first-order valence-corrected chi connectivity index (χ1v) is 11.5. The molecule has 2 aromatic rings. The molecule has 2 aromatic carbocycles. The maximum Gasteiger partial charge on any atom is 0.257 e. The van der Waals surface area contributed by atoms with Gasteiger partial charge >= 0.3 is 0 Å². The van der Waals surface area contributed by atoms with Crippen molar-refractivity contribution in [3.8, 4) is 5.75 Å². The second-order valence-corrected chi connectivity index (χ2v) is 8.66. The van der Waals surface area contributed by atoms with Gasteiger partial charge < -0.3 is 4.74 Å². The van der Waals surface area contributed by atoms with Crippen LogP contribution in [0.2, 0.25) is 0 Å². The van der Waals surface area contributed by atoms with Crippen LogP contribution in [0.4, 0.5) is 0 Å². The Morgan fingerprint density at radius 2 is 1.81 bits per heavy atom. The van der Waals surface area contributed by atoms with Crippen molar-refractivity contribution in [3.05, 3.63) is 64.7 Å². The molecule has 2 heterocycles. The fourth-order valence-corrected chi connectivity index (χ4v) is 4.63. The van der Waals surface area contributed by atoms with Crippen LogP contribution in [0.25, 0.3) is 0 Å². The number of likely N-dealkylation sites (tertiary alicyclic amines) is 1. The molecule has 31 heavy (non-hydrogen) atoms. The first-order chi connectivity index (χ1) is 15.0. The standard InChI is InChI=1S/C26H33N3O2/c1-4-31-22-11-9-21(10-12-22)25-17-24(23-13-8-19(2)16-20(23)3)27-29(25)26(30)18-28-14-6-5-7-15-28/h8-13,16,25H,4-7,14-15,17-18H2,1-3H3/t25-/m0/s1. The van der Waals surface area contributed by atoms with E-state index < -0.39 is 0 Å². The van der Waals surface area contributed by atoms with Gasteiger partial charge in [-0.15, -0.1) is 0 Å². The van der Waals surface area contributed by atoms with Gasteiger partial charge in [0.25, 0.3) is 5.91 Å². The van der Waals surface area contributed by atoms with Crippen LogP contribution < -0.4 is 4.74 Å². The average Bonchev–Trinajstić information content (AvgIpc) is 3.20. The molecule has 0 bridgehead atoms. The Bertz CT molecular complexity index is 946. The Kier molecular flexibility index (Phi) is 6.71. The summed E-state index contributed by atoms with van der Waals surface area (Å²) in [5.74, 6) is 0.937. The molecule has 5 nitrogen and oxygen atoms in total. The molecular formula is C26H33N3O2. The van der Waals surface area contributed by atoms with Crippen LogP contribution in [0, 0.1) is 13.8 Å². The van der Waals surface area contributed by atoms with Gasteiger partial charge in [0, 0.05) is 12.0 Å². The van der Waals surface area contributed by atoms with E-state index in [9.17, 15) is 4.79 Å². The maximum atomic E-state index is 13.3. The summed E-state index contributed by atoms with van der Waals surface area (Å²) in [6.45, 7) is 9.29. The van der Waals surface area contributed by atoms with E-state index >= 15 is 0 Å². The van der Waals surface area contributed by atoms with E-state index in [0.29, 0.717) is 13.2 Å². The zero-order valence-electron chi connectivity index (χ0n) is 18.9. The number of piperidine rings is 1. The fraction of sp³-hybridized carbons (Fsp3) is 0.462. The highest BCUT2D eigenvalue weighted by atomic mass is 16.5. The topological polar surface area (TPSA) is 45.1 Å². The number of amides is 1. The molecule has 0 unspecified atom stereocenters. The van der Waals surface area contributed by atoms with Crippen molar-refractivity contribution in [3.63, 3.8) is 0 Å². The first kappa shape index (κ1) is 21.6. The van der Waals surface area contributed by atoms with Crippen LogP contribution in [0.3, 0.4) is 0 Å². The van der Waals surface area contributed by atoms with Gasteiger partial charge in [-0.25, -0.2) is 5.01 Å². The lowest BCUT2D eigenvalue weighted by Crippen LogP contribution is -2.40. The van der Waals surface area contributed by atoms with E-state index in [0.717, 1.165) is 42.1 Å². The number of aryl methyl sites for hydroxylation is 2. The summed E-state index contributed by atoms with van der Waals surface area (Å²) in [4.78, 5) is 15.6. The highest BCUT2D eigenvalue weighted by Gasteiger charge is 2.34. The van der Waals surface area contributed by atoms with Gasteiger partial charge in [-0.05, 0) is 70.0 Å². The molecule has 1 saturated heterocycles. The predicted octanol–water partition coefficient (Wildman–Crippen LogP) is 4.87. The minimum atomic E-state index is -0.0799. The molecule has 1 fully saturated rings. The third kappa shape index (κ3) is 4.99. The summed E-state index contributed by atoms with van der Waals surface area (Å²) in [7, 11) is 0. The summed E-state index contributed by atoms with van der Waals surface area (Å²) in [6.07, 6.45) is 4.33. The van der Waals surface area contributed by atoms with Gasteiger partial charge in [-0.2, -0.15) is 5.10 Å². The number of nitrogens with zero attached hydrogens (tertiary/aromatic N) is 3. The zero-order chi connectivity index (χ0) is 21.8. The van der Waals surface area contributed by atoms with E-state index in [1.807, 2.05) is 19.1 Å². The van der Waals surface area contributed by atoms with E-state index in [1.54, 1.807) is 5.01 Å². The number of hydrazone groups is 1. The van der Waals surface area contributed by atoms with Crippen LogP contribution in [0.5, 0.6) is 5.75 Å². The fourth-order valence-electron chi connectivity index (χ4n) is 4.63. The normalized spacial score (nSPS) is 19.4. The summed E-state index contributed by atoms with van der Waals surface area (Å²) in [6, 6.07) is 14.5. The number of carbonyl (C=O) groups is 1. The van der Waals surface area contributed by atoms with Crippen LogP contribution in [0.15, 0.2) is 47.6 Å². The third-order valence-corrected chi connectivity index (χ3v) is 6.24. The molecule has 0 aromatic heterocycles. The second kappa shape index (κ2) is 9.65. The lowest BCUT2D eigenvalue weighted by atomic mass is 9.95. The zero-order valence-corrected chi connectivity index (χ0v) is 18.9. The van der Waals surface area contributed by atoms with Gasteiger partial charge in [0.2, 0.25) is 0 Å². The molecule has 164 valence electrons. The summed E-state index contributed by atoms with van der Waals surface area (Å²) < 4.78 is 5.60. The number of ether oxygens (including phenoxy) is 1. The molecule has 0 N–H and O–H groups in total. The Hall–Kier alpha value is -2.66. The Morgan fingerprint density at radius 3 is 2.48 bits per heavy atom. The van der Waals surface area contributed by atoms with Crippen molar-refractivity contribution < 1.29 is 9.53 Å². The predicted molar refractivity (Wildman–Crippen MR) is 125 cm³/mol. The van der Waals surface area contributed by atoms with Gasteiger partial charge in [-0.3, -0.25) is 9.69 Å². The molecule has 5 heteroatoms. The first-order valence-electron chi connectivity index (χ1n) is 11.5. The number of hydrogen-bond donors (Lipinski definition) is 0. The number of carbonyl (C=O) groups excluding carboxylic acids is 1. The highest BCUT2D eigenvalue weighted by Crippen LogP contribution is 2.34. The molecule has 0 spiro atoms. The lowest BCUT2D eigenvalue weighted by Gasteiger charge is -2.29. The largest absolute Gasteiger partial charge is 0.494 e. The van der Waals surface area contributed by atoms with Crippen molar-refractivity contribution in [1.29, 1.82) is 0 Å². The smallest absolute Gasteiger partial charge is 0.257 e. The number of benzene rings is 2. The summed E-state index contributed by atoms with van der Waals surface area (Å²) >= 11 is 0. The molecule has 1 amide bonds. The van der Waals surface area contributed by atoms with Crippen molar-refractivity contribution in [1.82, 2.24) is 9.91 Å². The van der Waals surface area contributed by atoms with Gasteiger partial charge in [0.15, 0.2) is 0 Å². The Labute approximate surface area is 185 Å². The molecule has 0 aliphatic carbocycles. The number of rotatable bonds is 6. The second-order valence-electron chi connectivity index (χ2n) is 8.66. The molecule has 0 radical (unpaired) electrons. The number of hydrogen-bond acceptors (Lipinski definition) is 4. The van der Waals surface area contributed by atoms with Gasteiger partial charge in [-0.1, -0.05) is 42.3 Å². The SMILES string of the molecule is CCOc1ccc([C@@H]2CC(c3ccc(C)cc3C)=NN2C(=O)CN2CCCCC2)cc1. The minimum absolute atomic E-state index is 0.0799. The van der Waals surface area contributed by atoms with Crippen LogP contribution in [-0.4, -0.2) is 47.8 Å². The highest BCUT2D eigenvalue weighted by molar-refractivity contribution is 6.04. The quantitative estimate of drug-likeness (QED) is 0.671. The van der Waals surface area contributed by atoms with E-state index in [1.165, 1.54) is 30.4 Å². The summed E-state index contributed by atoms with van der Waals surface area (Å²) in [5, 5.41) is 6.61. The molecular weight excluding hydrogens is 386 g/mol. The van der Waals surface area contributed by atoms with Crippen LogP contribution >= 0.6 is 0 Å². The monoisotopic (exact) mass is 419 g/mol. The molecule has 2 aliphatic rings. The summed E-state index contributed by atoms with van der Waals surface area (Å²) in [5.41, 5.74) is 5.66.